The van der Waals surface area contributed by atoms with E-state index in [1.807, 2.05) is 0 Å². The summed E-state index contributed by atoms with van der Waals surface area (Å²) in [6.45, 7) is 0. The molecule has 0 unspecified atom stereocenters. The first-order chi connectivity index (χ1) is 8.16. The summed E-state index contributed by atoms with van der Waals surface area (Å²) in [5, 5.41) is 4.65. The zero-order chi connectivity index (χ0) is 12.0. The average molecular weight is 269 g/mol. The Morgan fingerprint density at radius 3 is 2.82 bits per heavy atom. The van der Waals surface area contributed by atoms with Crippen LogP contribution in [0.25, 0.3) is 5.82 Å². The van der Waals surface area contributed by atoms with Crippen LogP contribution in [0.4, 0.5) is 0 Å². The summed E-state index contributed by atoms with van der Waals surface area (Å²) < 4.78 is 1.55. The van der Waals surface area contributed by atoms with Gasteiger partial charge in [0.15, 0.2) is 16.8 Å². The highest BCUT2D eigenvalue weighted by molar-refractivity contribution is 6.33. The maximum absolute atomic E-state index is 11.6. The minimum atomic E-state index is 0.0244. The largest absolute Gasteiger partial charge is 0.294 e. The summed E-state index contributed by atoms with van der Waals surface area (Å²) in [5.41, 5.74) is 1.29. The van der Waals surface area contributed by atoms with E-state index < -0.39 is 0 Å². The van der Waals surface area contributed by atoms with E-state index in [0.717, 1.165) is 5.69 Å². The minimum absolute atomic E-state index is 0.0244. The number of ketones is 1. The number of fused-ring (bicyclic) bond motifs is 1. The van der Waals surface area contributed by atoms with E-state index in [4.69, 9.17) is 23.2 Å². The van der Waals surface area contributed by atoms with E-state index in [-0.39, 0.29) is 10.9 Å². The van der Waals surface area contributed by atoms with Crippen LogP contribution in [0.5, 0.6) is 0 Å². The fourth-order valence-corrected chi connectivity index (χ4v) is 2.35. The molecule has 0 atom stereocenters. The molecular formula is C10H6Cl2N4O. The number of Topliss-reactive ketones (excluding diaryl/α,β-unsaturated/α-hetero) is 1. The lowest BCUT2D eigenvalue weighted by molar-refractivity contribution is 0.0994. The molecule has 2 aromatic heterocycles. The van der Waals surface area contributed by atoms with Crippen molar-refractivity contribution in [2.45, 2.75) is 12.8 Å². The van der Waals surface area contributed by atoms with Gasteiger partial charge < -0.3 is 0 Å². The Kier molecular flexibility index (Phi) is 2.38. The summed E-state index contributed by atoms with van der Waals surface area (Å²) in [6, 6.07) is 1.58. The van der Waals surface area contributed by atoms with Gasteiger partial charge in [-0.05, 0) is 6.42 Å². The zero-order valence-corrected chi connectivity index (χ0v) is 10.0. The van der Waals surface area contributed by atoms with Crippen LogP contribution >= 0.6 is 23.2 Å². The van der Waals surface area contributed by atoms with Crippen LogP contribution in [0.2, 0.25) is 10.3 Å². The van der Waals surface area contributed by atoms with Crippen LogP contribution in [0.1, 0.15) is 22.5 Å². The normalized spacial score (nSPS) is 14.1. The lowest BCUT2D eigenvalue weighted by atomic mass is 10.3. The number of rotatable bonds is 1. The van der Waals surface area contributed by atoms with Crippen LogP contribution in [0.15, 0.2) is 12.4 Å². The molecule has 0 radical (unpaired) electrons. The third-order valence-electron chi connectivity index (χ3n) is 2.64. The number of hydrogen-bond acceptors (Lipinski definition) is 4. The number of aromatic nitrogens is 4. The molecule has 1 aliphatic rings. The molecule has 0 N–H and O–H groups in total. The van der Waals surface area contributed by atoms with Gasteiger partial charge in [-0.2, -0.15) is 5.10 Å². The molecule has 3 rings (SSSR count). The molecule has 7 heteroatoms. The number of carbonyl (C=O) groups is 1. The second-order valence-corrected chi connectivity index (χ2v) is 4.39. The number of hydrogen-bond donors (Lipinski definition) is 0. The summed E-state index contributed by atoms with van der Waals surface area (Å²) in [6.07, 6.45) is 2.43. The summed E-state index contributed by atoms with van der Waals surface area (Å²) in [7, 11) is 0. The van der Waals surface area contributed by atoms with Crippen molar-refractivity contribution in [3.05, 3.63) is 34.0 Å². The molecule has 0 saturated carbocycles. The van der Waals surface area contributed by atoms with Crippen molar-refractivity contribution in [2.24, 2.45) is 0 Å². The number of nitrogens with zero attached hydrogens (tertiary/aromatic N) is 4. The molecule has 0 fully saturated rings. The molecule has 0 spiro atoms. The molecule has 0 aliphatic heterocycles. The van der Waals surface area contributed by atoms with Crippen molar-refractivity contribution in [3.8, 4) is 5.82 Å². The van der Waals surface area contributed by atoms with E-state index in [0.29, 0.717) is 29.4 Å². The second-order valence-electron chi connectivity index (χ2n) is 3.65. The van der Waals surface area contributed by atoms with Gasteiger partial charge in [0.2, 0.25) is 0 Å². The van der Waals surface area contributed by atoms with Crippen LogP contribution in [-0.2, 0) is 6.42 Å². The number of halogens is 2. The predicted octanol–water partition coefficient (Wildman–Crippen LogP) is 2.10. The van der Waals surface area contributed by atoms with E-state index in [1.54, 1.807) is 10.7 Å². The Morgan fingerprint density at radius 2 is 2.06 bits per heavy atom. The quantitative estimate of drug-likeness (QED) is 0.744. The minimum Gasteiger partial charge on any atom is -0.294 e. The Morgan fingerprint density at radius 1 is 1.24 bits per heavy atom. The average Bonchev–Trinajstić information content (AvgIpc) is 2.82. The van der Waals surface area contributed by atoms with Crippen LogP contribution in [0.3, 0.4) is 0 Å². The van der Waals surface area contributed by atoms with Crippen molar-refractivity contribution in [1.82, 2.24) is 19.7 Å². The van der Waals surface area contributed by atoms with Gasteiger partial charge >= 0.3 is 0 Å². The first kappa shape index (κ1) is 10.7. The monoisotopic (exact) mass is 268 g/mol. The second kappa shape index (κ2) is 3.78. The Bertz CT molecular complexity index is 623. The van der Waals surface area contributed by atoms with Crippen molar-refractivity contribution < 1.29 is 4.79 Å². The Labute approximate surface area is 106 Å². The van der Waals surface area contributed by atoms with Crippen molar-refractivity contribution >= 4 is 29.0 Å². The van der Waals surface area contributed by atoms with Crippen molar-refractivity contribution in [1.29, 1.82) is 0 Å². The van der Waals surface area contributed by atoms with Crippen LogP contribution in [0, 0.1) is 0 Å². The van der Waals surface area contributed by atoms with Gasteiger partial charge in [-0.15, -0.1) is 0 Å². The van der Waals surface area contributed by atoms with E-state index in [9.17, 15) is 4.79 Å². The molecule has 0 bridgehead atoms. The molecular weight excluding hydrogens is 263 g/mol. The van der Waals surface area contributed by atoms with E-state index in [1.165, 1.54) is 6.33 Å². The van der Waals surface area contributed by atoms with Gasteiger partial charge in [0.1, 0.15) is 11.5 Å². The lowest BCUT2D eigenvalue weighted by Crippen LogP contribution is -2.03. The standard InChI is InChI=1S/C10H6Cl2N4O/c11-7-3-8(14-4-13-7)16-5-1-2-6(17)9(5)10(12)15-16/h3-4H,1-2H2. The third-order valence-corrected chi connectivity index (χ3v) is 3.11. The maximum Gasteiger partial charge on any atom is 0.168 e. The Balaban J connectivity index is 2.20. The molecule has 5 nitrogen and oxygen atoms in total. The van der Waals surface area contributed by atoms with Crippen LogP contribution < -0.4 is 0 Å². The van der Waals surface area contributed by atoms with Gasteiger partial charge in [-0.1, -0.05) is 23.2 Å². The van der Waals surface area contributed by atoms with E-state index >= 15 is 0 Å². The SMILES string of the molecule is O=C1CCc2c1c(Cl)nn2-c1cc(Cl)ncn1. The first-order valence-corrected chi connectivity index (χ1v) is 5.71. The first-order valence-electron chi connectivity index (χ1n) is 4.95. The Hall–Kier alpha value is -1.46. The molecule has 0 saturated heterocycles. The molecule has 17 heavy (non-hydrogen) atoms. The fourth-order valence-electron chi connectivity index (χ4n) is 1.92. The van der Waals surface area contributed by atoms with Crippen molar-refractivity contribution in [3.63, 3.8) is 0 Å². The fraction of sp³-hybridized carbons (Fsp3) is 0.200. The highest BCUT2D eigenvalue weighted by Gasteiger charge is 2.29. The molecule has 0 amide bonds. The smallest absolute Gasteiger partial charge is 0.168 e. The van der Waals surface area contributed by atoms with Crippen LogP contribution in [-0.4, -0.2) is 25.5 Å². The van der Waals surface area contributed by atoms with Gasteiger partial charge in [0, 0.05) is 12.5 Å². The summed E-state index contributed by atoms with van der Waals surface area (Å²) >= 11 is 11.7. The highest BCUT2D eigenvalue weighted by atomic mass is 35.5. The van der Waals surface area contributed by atoms with Gasteiger partial charge in [-0.3, -0.25) is 4.79 Å². The molecule has 2 heterocycles. The molecule has 0 aromatic carbocycles. The number of carbonyl (C=O) groups excluding carboxylic acids is 1. The molecule has 86 valence electrons. The summed E-state index contributed by atoms with van der Waals surface area (Å²) in [4.78, 5) is 19.5. The zero-order valence-electron chi connectivity index (χ0n) is 8.52. The van der Waals surface area contributed by atoms with Crippen molar-refractivity contribution in [2.75, 3.05) is 0 Å². The lowest BCUT2D eigenvalue weighted by Gasteiger charge is -2.03. The molecule has 1 aliphatic carbocycles. The predicted molar refractivity (Wildman–Crippen MR) is 61.8 cm³/mol. The van der Waals surface area contributed by atoms with E-state index in [2.05, 4.69) is 15.1 Å². The molecule has 2 aromatic rings. The third kappa shape index (κ3) is 1.62. The van der Waals surface area contributed by atoms with Gasteiger partial charge in [0.05, 0.1) is 11.3 Å². The van der Waals surface area contributed by atoms with Gasteiger partial charge in [0.25, 0.3) is 0 Å². The summed E-state index contributed by atoms with van der Waals surface area (Å²) in [5.74, 6) is 0.541. The topological polar surface area (TPSA) is 60.7 Å². The van der Waals surface area contributed by atoms with Gasteiger partial charge in [-0.25, -0.2) is 14.6 Å². The maximum atomic E-state index is 11.6. The highest BCUT2D eigenvalue weighted by Crippen LogP contribution is 2.30.